The summed E-state index contributed by atoms with van der Waals surface area (Å²) >= 11 is 0. The molecule has 0 spiro atoms. The molecule has 4 rings (SSSR count). The van der Waals surface area contributed by atoms with Crippen molar-refractivity contribution in [1.82, 2.24) is 15.1 Å². The number of fused-ring (bicyclic) bond motifs is 1. The smallest absolute Gasteiger partial charge is 0.407 e. The number of methoxy groups -OCH3 is 1. The van der Waals surface area contributed by atoms with Gasteiger partial charge in [-0.25, -0.2) is 13.9 Å². The van der Waals surface area contributed by atoms with Gasteiger partial charge in [0, 0.05) is 30.3 Å². The van der Waals surface area contributed by atoms with Crippen LogP contribution in [0.3, 0.4) is 0 Å². The highest BCUT2D eigenvalue weighted by molar-refractivity contribution is 5.67. The number of carbonyl (C=O) groups excluding carboxylic acids is 1. The molecule has 0 bridgehead atoms. The van der Waals surface area contributed by atoms with E-state index >= 15 is 0 Å². The Hall–Kier alpha value is -3.35. The van der Waals surface area contributed by atoms with E-state index in [2.05, 4.69) is 21.2 Å². The third-order valence-electron chi connectivity index (χ3n) is 4.48. The maximum Gasteiger partial charge on any atom is 0.407 e. The maximum absolute atomic E-state index is 14.0. The van der Waals surface area contributed by atoms with Gasteiger partial charge in [0.05, 0.1) is 25.1 Å². The molecule has 0 unspecified atom stereocenters. The molecule has 3 aromatic rings. The minimum absolute atomic E-state index is 0.0330. The minimum atomic E-state index is -0.609. The van der Waals surface area contributed by atoms with Gasteiger partial charge in [0.2, 0.25) is 0 Å². The van der Waals surface area contributed by atoms with Crippen molar-refractivity contribution in [2.45, 2.75) is 13.0 Å². The predicted molar refractivity (Wildman–Crippen MR) is 97.4 cm³/mol. The van der Waals surface area contributed by atoms with Crippen LogP contribution >= 0.6 is 0 Å². The first-order valence-corrected chi connectivity index (χ1v) is 8.56. The summed E-state index contributed by atoms with van der Waals surface area (Å²) in [6.07, 6.45) is 2.11. The van der Waals surface area contributed by atoms with E-state index in [1.165, 1.54) is 18.7 Å². The van der Waals surface area contributed by atoms with Crippen LogP contribution in [0.5, 0.6) is 5.75 Å². The third kappa shape index (κ3) is 3.48. The molecule has 2 heterocycles. The molecule has 0 fully saturated rings. The number of ether oxygens (including phenoxy) is 2. The Labute approximate surface area is 155 Å². The highest BCUT2D eigenvalue weighted by Crippen LogP contribution is 2.30. The predicted octanol–water partition coefficient (Wildman–Crippen LogP) is 3.47. The van der Waals surface area contributed by atoms with E-state index in [1.807, 2.05) is 24.4 Å². The summed E-state index contributed by atoms with van der Waals surface area (Å²) in [5.74, 6) is 0.528. The highest BCUT2D eigenvalue weighted by atomic mass is 19.1. The average Bonchev–Trinajstić information content (AvgIpc) is 3.35. The summed E-state index contributed by atoms with van der Waals surface area (Å²) in [6.45, 7) is 0.747. The number of hydrogen-bond donors (Lipinski definition) is 1. The molecule has 1 aliphatic heterocycles. The topological polar surface area (TPSA) is 65.4 Å². The van der Waals surface area contributed by atoms with Gasteiger partial charge >= 0.3 is 6.09 Å². The van der Waals surface area contributed by atoms with Crippen LogP contribution < -0.4 is 10.1 Å². The highest BCUT2D eigenvalue weighted by Gasteiger charge is 2.14. The zero-order chi connectivity index (χ0) is 18.8. The summed E-state index contributed by atoms with van der Waals surface area (Å²) in [6, 6.07) is 12.6. The zero-order valence-corrected chi connectivity index (χ0v) is 14.7. The van der Waals surface area contributed by atoms with Crippen LogP contribution in [-0.2, 0) is 17.7 Å². The second-order valence-electron chi connectivity index (χ2n) is 6.19. The first kappa shape index (κ1) is 17.1. The lowest BCUT2D eigenvalue weighted by molar-refractivity contribution is 0.170. The van der Waals surface area contributed by atoms with Crippen molar-refractivity contribution in [2.75, 3.05) is 13.7 Å². The summed E-state index contributed by atoms with van der Waals surface area (Å²) in [7, 11) is 1.26. The number of halogens is 1. The molecule has 0 aliphatic carbocycles. The van der Waals surface area contributed by atoms with E-state index in [-0.39, 0.29) is 6.54 Å². The molecule has 2 aromatic carbocycles. The molecule has 0 saturated carbocycles. The maximum atomic E-state index is 14.0. The molecule has 1 aliphatic rings. The number of rotatable bonds is 4. The van der Waals surface area contributed by atoms with Crippen LogP contribution in [-0.4, -0.2) is 29.6 Å². The summed E-state index contributed by atoms with van der Waals surface area (Å²) in [5, 5.41) is 7.08. The molecule has 1 aromatic heterocycles. The Bertz CT molecular complexity index is 1000. The molecular weight excluding hydrogens is 349 g/mol. The fourth-order valence-electron chi connectivity index (χ4n) is 3.05. The lowest BCUT2D eigenvalue weighted by atomic mass is 10.1. The van der Waals surface area contributed by atoms with Crippen LogP contribution in [0.25, 0.3) is 16.9 Å². The molecular formula is C20H18FN3O3. The number of aromatic nitrogens is 2. The Balaban J connectivity index is 1.58. The van der Waals surface area contributed by atoms with Gasteiger partial charge in [-0.2, -0.15) is 5.10 Å². The molecule has 0 atom stereocenters. The molecule has 27 heavy (non-hydrogen) atoms. The lowest BCUT2D eigenvalue weighted by Crippen LogP contribution is -2.23. The standard InChI is InChI=1S/C20H18FN3O3/c1-26-20(25)22-12-15-11-16(3-4-17(15)21)24-8-6-18(23-24)13-2-5-19-14(10-13)7-9-27-19/h2-6,8,10-11H,7,9,12H2,1H3,(H,22,25). The van der Waals surface area contributed by atoms with Gasteiger partial charge < -0.3 is 14.8 Å². The Kier molecular flexibility index (Phi) is 4.50. The largest absolute Gasteiger partial charge is 0.493 e. The van der Waals surface area contributed by atoms with Gasteiger partial charge in [-0.15, -0.1) is 0 Å². The SMILES string of the molecule is COC(=O)NCc1cc(-n2ccc(-c3ccc4c(c3)CCO4)n2)ccc1F. The molecule has 6 nitrogen and oxygen atoms in total. The second kappa shape index (κ2) is 7.11. The number of alkyl carbamates (subject to hydrolysis) is 1. The number of amides is 1. The van der Waals surface area contributed by atoms with Crippen molar-refractivity contribution in [3.05, 3.63) is 65.6 Å². The fraction of sp³-hybridized carbons (Fsp3) is 0.200. The van der Waals surface area contributed by atoms with Gasteiger partial charge in [-0.05, 0) is 48.0 Å². The van der Waals surface area contributed by atoms with E-state index < -0.39 is 11.9 Å². The number of carbonyl (C=O) groups is 1. The van der Waals surface area contributed by atoms with E-state index in [0.717, 1.165) is 23.4 Å². The Morgan fingerprint density at radius 3 is 3.04 bits per heavy atom. The quantitative estimate of drug-likeness (QED) is 0.767. The lowest BCUT2D eigenvalue weighted by Gasteiger charge is -2.08. The molecule has 0 radical (unpaired) electrons. The Morgan fingerprint density at radius 1 is 1.30 bits per heavy atom. The van der Waals surface area contributed by atoms with E-state index in [1.54, 1.807) is 16.8 Å². The van der Waals surface area contributed by atoms with Crippen LogP contribution in [0.4, 0.5) is 9.18 Å². The van der Waals surface area contributed by atoms with Crippen LogP contribution in [0.15, 0.2) is 48.7 Å². The molecule has 7 heteroatoms. The number of hydrogen-bond acceptors (Lipinski definition) is 4. The van der Waals surface area contributed by atoms with Gasteiger partial charge in [-0.1, -0.05) is 0 Å². The van der Waals surface area contributed by atoms with Gasteiger partial charge in [0.25, 0.3) is 0 Å². The van der Waals surface area contributed by atoms with E-state index in [0.29, 0.717) is 17.9 Å². The van der Waals surface area contributed by atoms with E-state index in [9.17, 15) is 9.18 Å². The fourth-order valence-corrected chi connectivity index (χ4v) is 3.05. The van der Waals surface area contributed by atoms with Crippen molar-refractivity contribution in [2.24, 2.45) is 0 Å². The first-order valence-electron chi connectivity index (χ1n) is 8.56. The average molecular weight is 367 g/mol. The minimum Gasteiger partial charge on any atom is -0.493 e. The first-order chi connectivity index (χ1) is 13.1. The number of nitrogens with zero attached hydrogens (tertiary/aromatic N) is 2. The number of nitrogens with one attached hydrogen (secondary N) is 1. The van der Waals surface area contributed by atoms with E-state index in [4.69, 9.17) is 4.74 Å². The van der Waals surface area contributed by atoms with Crippen LogP contribution in [0, 0.1) is 5.82 Å². The third-order valence-corrected chi connectivity index (χ3v) is 4.48. The molecule has 1 amide bonds. The summed E-state index contributed by atoms with van der Waals surface area (Å²) in [5.41, 5.74) is 4.06. The van der Waals surface area contributed by atoms with Gasteiger partial charge in [-0.3, -0.25) is 0 Å². The zero-order valence-electron chi connectivity index (χ0n) is 14.7. The second-order valence-corrected chi connectivity index (χ2v) is 6.19. The molecule has 1 N–H and O–H groups in total. The molecule has 138 valence electrons. The van der Waals surface area contributed by atoms with Crippen molar-refractivity contribution < 1.29 is 18.7 Å². The summed E-state index contributed by atoms with van der Waals surface area (Å²) < 4.78 is 25.7. The van der Waals surface area contributed by atoms with Crippen molar-refractivity contribution in [3.63, 3.8) is 0 Å². The van der Waals surface area contributed by atoms with Gasteiger partial charge in [0.15, 0.2) is 0 Å². The Morgan fingerprint density at radius 2 is 2.19 bits per heavy atom. The van der Waals surface area contributed by atoms with Gasteiger partial charge in [0.1, 0.15) is 11.6 Å². The normalized spacial score (nSPS) is 12.4. The molecule has 0 saturated heterocycles. The summed E-state index contributed by atoms with van der Waals surface area (Å²) in [4.78, 5) is 11.2. The van der Waals surface area contributed by atoms with Crippen LogP contribution in [0.2, 0.25) is 0 Å². The van der Waals surface area contributed by atoms with Crippen molar-refractivity contribution >= 4 is 6.09 Å². The van der Waals surface area contributed by atoms with Crippen molar-refractivity contribution in [3.8, 4) is 22.7 Å². The van der Waals surface area contributed by atoms with Crippen molar-refractivity contribution in [1.29, 1.82) is 0 Å². The number of benzene rings is 2. The van der Waals surface area contributed by atoms with Crippen LogP contribution in [0.1, 0.15) is 11.1 Å². The monoisotopic (exact) mass is 367 g/mol.